The lowest BCUT2D eigenvalue weighted by atomic mass is 9.42. The van der Waals surface area contributed by atoms with Gasteiger partial charge in [-0.05, 0) is 51.5 Å². The second-order valence-electron chi connectivity index (χ2n) is 10.4. The fourth-order valence-corrected chi connectivity index (χ4v) is 6.13. The van der Waals surface area contributed by atoms with E-state index in [4.69, 9.17) is 4.74 Å². The van der Waals surface area contributed by atoms with Gasteiger partial charge in [-0.25, -0.2) is 0 Å². The quantitative estimate of drug-likeness (QED) is 0.524. The van der Waals surface area contributed by atoms with Gasteiger partial charge in [0, 0.05) is 6.42 Å². The van der Waals surface area contributed by atoms with Crippen LogP contribution in [0.1, 0.15) is 73.6 Å². The predicted octanol–water partition coefficient (Wildman–Crippen LogP) is 1.97. The molecule has 6 atom stereocenters. The molecule has 7 nitrogen and oxygen atoms in total. The van der Waals surface area contributed by atoms with Crippen LogP contribution in [0.25, 0.3) is 0 Å². The molecule has 1 saturated carbocycles. The normalized spacial score (nSPS) is 49.1. The van der Waals surface area contributed by atoms with Crippen molar-refractivity contribution in [2.45, 2.75) is 102 Å². The van der Waals surface area contributed by atoms with Gasteiger partial charge in [0.1, 0.15) is 11.2 Å². The molecule has 29 heavy (non-hydrogen) atoms. The smallest absolute Gasteiger partial charge is 0.306 e. The SMILES string of the molecule is CC[C@@]1(C)CC(=O)[C@@]2(O)[C@](C)(O1)[C@](O)(CC(=O)O)C=C1C(C)(C)CC[C@H](O)[C@@]12C. The van der Waals surface area contributed by atoms with Gasteiger partial charge in [0.2, 0.25) is 0 Å². The van der Waals surface area contributed by atoms with E-state index in [0.717, 1.165) is 0 Å². The molecule has 0 spiro atoms. The number of hydrogen-bond donors (Lipinski definition) is 4. The van der Waals surface area contributed by atoms with Crippen LogP contribution in [0.2, 0.25) is 0 Å². The number of carboxylic acids is 1. The molecule has 3 rings (SSSR count). The first-order valence-corrected chi connectivity index (χ1v) is 10.3. The maximum atomic E-state index is 13.6. The topological polar surface area (TPSA) is 124 Å². The molecule has 0 aromatic heterocycles. The number of Topliss-reactive ketones (excluding diaryl/α,β-unsaturated/α-hetero) is 1. The maximum absolute atomic E-state index is 13.6. The van der Waals surface area contributed by atoms with Gasteiger partial charge >= 0.3 is 5.97 Å². The van der Waals surface area contributed by atoms with E-state index >= 15 is 0 Å². The van der Waals surface area contributed by atoms with Crippen LogP contribution < -0.4 is 0 Å². The van der Waals surface area contributed by atoms with E-state index in [9.17, 15) is 30.0 Å². The van der Waals surface area contributed by atoms with Crippen LogP contribution in [0.4, 0.5) is 0 Å². The lowest BCUT2D eigenvalue weighted by Gasteiger charge is -2.69. The van der Waals surface area contributed by atoms with Crippen molar-refractivity contribution in [1.29, 1.82) is 0 Å². The summed E-state index contributed by atoms with van der Waals surface area (Å²) < 4.78 is 6.30. The molecule has 1 heterocycles. The number of carboxylic acid groups (broad SMARTS) is 1. The number of ether oxygens (including phenoxy) is 1. The molecule has 0 amide bonds. The number of aliphatic carboxylic acids is 1. The van der Waals surface area contributed by atoms with Gasteiger partial charge in [-0.2, -0.15) is 0 Å². The Labute approximate surface area is 171 Å². The number of fused-ring (bicyclic) bond motifs is 3. The highest BCUT2D eigenvalue weighted by Crippen LogP contribution is 2.66. The van der Waals surface area contributed by atoms with Crippen molar-refractivity contribution in [3.63, 3.8) is 0 Å². The Morgan fingerprint density at radius 2 is 1.79 bits per heavy atom. The van der Waals surface area contributed by atoms with Gasteiger partial charge in [-0.1, -0.05) is 26.3 Å². The third kappa shape index (κ3) is 2.57. The number of hydrogen-bond acceptors (Lipinski definition) is 6. The minimum Gasteiger partial charge on any atom is -0.481 e. The molecule has 1 saturated heterocycles. The van der Waals surface area contributed by atoms with Gasteiger partial charge < -0.3 is 25.2 Å². The lowest BCUT2D eigenvalue weighted by molar-refractivity contribution is -0.333. The first-order chi connectivity index (χ1) is 13.0. The molecule has 2 fully saturated rings. The molecule has 0 unspecified atom stereocenters. The Morgan fingerprint density at radius 3 is 2.31 bits per heavy atom. The van der Waals surface area contributed by atoms with E-state index in [-0.39, 0.29) is 6.42 Å². The summed E-state index contributed by atoms with van der Waals surface area (Å²) in [5.74, 6) is -1.81. The van der Waals surface area contributed by atoms with E-state index in [1.54, 1.807) is 13.8 Å². The molecular formula is C22H34O7. The molecule has 2 aliphatic carbocycles. The van der Waals surface area contributed by atoms with Crippen LogP contribution in [0.5, 0.6) is 0 Å². The fraction of sp³-hybridized carbons (Fsp3) is 0.818. The van der Waals surface area contributed by atoms with E-state index in [0.29, 0.717) is 24.8 Å². The van der Waals surface area contributed by atoms with Gasteiger partial charge in [-0.3, -0.25) is 9.59 Å². The van der Waals surface area contributed by atoms with E-state index in [1.807, 2.05) is 20.8 Å². The first kappa shape index (κ1) is 22.4. The highest BCUT2D eigenvalue weighted by Gasteiger charge is 2.79. The van der Waals surface area contributed by atoms with E-state index < -0.39 is 57.5 Å². The van der Waals surface area contributed by atoms with Gasteiger partial charge in [0.25, 0.3) is 0 Å². The Balaban J connectivity index is 2.41. The van der Waals surface area contributed by atoms with Crippen LogP contribution in [-0.4, -0.2) is 60.7 Å². The van der Waals surface area contributed by atoms with Crippen LogP contribution in [0, 0.1) is 10.8 Å². The van der Waals surface area contributed by atoms with Crippen molar-refractivity contribution in [3.05, 3.63) is 11.6 Å². The van der Waals surface area contributed by atoms with Crippen molar-refractivity contribution in [1.82, 2.24) is 0 Å². The van der Waals surface area contributed by atoms with Crippen molar-refractivity contribution in [3.8, 4) is 0 Å². The van der Waals surface area contributed by atoms with Gasteiger partial charge in [0.15, 0.2) is 11.4 Å². The van der Waals surface area contributed by atoms with Crippen molar-refractivity contribution in [2.75, 3.05) is 0 Å². The highest BCUT2D eigenvalue weighted by molar-refractivity contribution is 5.93. The minimum absolute atomic E-state index is 0.0885. The largest absolute Gasteiger partial charge is 0.481 e. The molecule has 7 heteroatoms. The third-order valence-corrected chi connectivity index (χ3v) is 8.21. The van der Waals surface area contributed by atoms with E-state index in [2.05, 4.69) is 0 Å². The summed E-state index contributed by atoms with van der Waals surface area (Å²) >= 11 is 0. The number of carbonyl (C=O) groups excluding carboxylic acids is 1. The molecule has 0 radical (unpaired) electrons. The second kappa shape index (κ2) is 6.13. The van der Waals surface area contributed by atoms with E-state index in [1.165, 1.54) is 13.0 Å². The summed E-state index contributed by atoms with van der Waals surface area (Å²) in [4.78, 5) is 25.3. The zero-order valence-corrected chi connectivity index (χ0v) is 18.2. The predicted molar refractivity (Wildman–Crippen MR) is 105 cm³/mol. The minimum atomic E-state index is -2.29. The number of ketones is 1. The first-order valence-electron chi connectivity index (χ1n) is 10.3. The molecule has 1 aliphatic heterocycles. The zero-order chi connectivity index (χ0) is 22.3. The van der Waals surface area contributed by atoms with Crippen LogP contribution >= 0.6 is 0 Å². The average molecular weight is 411 g/mol. The van der Waals surface area contributed by atoms with Crippen molar-refractivity contribution >= 4 is 11.8 Å². The summed E-state index contributed by atoms with van der Waals surface area (Å²) in [6, 6.07) is 0. The molecule has 3 aliphatic rings. The summed E-state index contributed by atoms with van der Waals surface area (Å²) in [5, 5.41) is 44.4. The standard InChI is InChI=1S/C22H34O7/c1-7-18(4)11-15(24)22(28)19(5)13(17(2,3)9-8-14(19)23)10-21(27,12-16(25)26)20(22,6)29-18/h10,14,23,27-28H,7-9,11-12H2,1-6H3,(H,25,26)/t14-,18-,19+,20+,21+,22-/m0/s1. The monoisotopic (exact) mass is 410 g/mol. The Bertz CT molecular complexity index is 788. The summed E-state index contributed by atoms with van der Waals surface area (Å²) in [5.41, 5.74) is -8.82. The Kier molecular flexibility index (Phi) is 4.73. The molecule has 164 valence electrons. The number of aliphatic hydroxyl groups is 3. The van der Waals surface area contributed by atoms with Crippen LogP contribution in [0.3, 0.4) is 0 Å². The Morgan fingerprint density at radius 1 is 1.21 bits per heavy atom. The van der Waals surface area contributed by atoms with Crippen molar-refractivity contribution in [2.24, 2.45) is 10.8 Å². The number of aliphatic hydroxyl groups excluding tert-OH is 1. The van der Waals surface area contributed by atoms with Gasteiger partial charge in [0.05, 0.1) is 23.5 Å². The van der Waals surface area contributed by atoms with Crippen molar-refractivity contribution < 1.29 is 34.8 Å². The Hall–Kier alpha value is -1.28. The van der Waals surface area contributed by atoms with Crippen LogP contribution in [-0.2, 0) is 14.3 Å². The summed E-state index contributed by atoms with van der Waals surface area (Å²) in [6.07, 6.45) is 0.974. The molecule has 4 N–H and O–H groups in total. The molecule has 0 aromatic carbocycles. The second-order valence-corrected chi connectivity index (χ2v) is 10.4. The zero-order valence-electron chi connectivity index (χ0n) is 18.2. The average Bonchev–Trinajstić information content (AvgIpc) is 2.58. The number of carbonyl (C=O) groups is 2. The summed E-state index contributed by atoms with van der Waals surface area (Å²) in [6.45, 7) is 10.4. The number of rotatable bonds is 3. The lowest BCUT2D eigenvalue weighted by Crippen LogP contribution is -2.84. The third-order valence-electron chi connectivity index (χ3n) is 8.21. The fourth-order valence-electron chi connectivity index (χ4n) is 6.13. The highest BCUT2D eigenvalue weighted by atomic mass is 16.6. The summed E-state index contributed by atoms with van der Waals surface area (Å²) in [7, 11) is 0. The molecule has 0 bridgehead atoms. The molecule has 0 aromatic rings. The maximum Gasteiger partial charge on any atom is 0.306 e. The molecular weight excluding hydrogens is 376 g/mol. The van der Waals surface area contributed by atoms with Crippen LogP contribution in [0.15, 0.2) is 11.6 Å². The van der Waals surface area contributed by atoms with Gasteiger partial charge in [-0.15, -0.1) is 0 Å².